The van der Waals surface area contributed by atoms with Crippen LogP contribution in [0.3, 0.4) is 0 Å². The van der Waals surface area contributed by atoms with Crippen LogP contribution in [0.15, 0.2) is 23.0 Å². The van der Waals surface area contributed by atoms with E-state index in [4.69, 9.17) is 10.00 Å². The lowest BCUT2D eigenvalue weighted by Gasteiger charge is -2.28. The average molecular weight is 476 g/mol. The van der Waals surface area contributed by atoms with Gasteiger partial charge in [-0.2, -0.15) is 5.26 Å². The Balaban J connectivity index is 1.85. The number of ether oxygens (including phenoxy) is 1. The van der Waals surface area contributed by atoms with Crippen molar-refractivity contribution in [1.29, 1.82) is 5.26 Å². The molecule has 12 heteroatoms. The first-order valence-electron chi connectivity index (χ1n) is 10.7. The molecule has 0 spiro atoms. The van der Waals surface area contributed by atoms with Gasteiger partial charge in [0.25, 0.3) is 10.6 Å². The lowest BCUT2D eigenvalue weighted by molar-refractivity contribution is -0.757. The highest BCUT2D eigenvalue weighted by Gasteiger charge is 2.20. The summed E-state index contributed by atoms with van der Waals surface area (Å²) in [6.07, 6.45) is -0.541. The molecule has 0 radical (unpaired) electrons. The number of carbonyl (C=O) groups is 1. The van der Waals surface area contributed by atoms with E-state index in [2.05, 4.69) is 20.5 Å². The normalized spacial score (nSPS) is 12.1. The maximum absolute atomic E-state index is 11.9. The predicted molar refractivity (Wildman–Crippen MR) is 123 cm³/mol. The van der Waals surface area contributed by atoms with Gasteiger partial charge in [-0.1, -0.05) is 0 Å². The maximum Gasteiger partial charge on any atom is 0.294 e. The third-order valence-corrected chi connectivity index (χ3v) is 4.91. The van der Waals surface area contributed by atoms with Crippen LogP contribution in [-0.4, -0.2) is 59.0 Å². The lowest BCUT2D eigenvalue weighted by Crippen LogP contribution is -2.51. The van der Waals surface area contributed by atoms with E-state index in [9.17, 15) is 24.8 Å². The summed E-state index contributed by atoms with van der Waals surface area (Å²) in [6.45, 7) is 5.83. The number of benzene rings is 1. The molecule has 0 bridgehead atoms. The number of aliphatic hydroxyl groups excluding tert-OH is 1. The minimum Gasteiger partial charge on any atom is -0.490 e. The first-order valence-corrected chi connectivity index (χ1v) is 10.7. The molecule has 2 aromatic rings. The first-order chi connectivity index (χ1) is 16.0. The molecule has 1 aromatic carbocycles. The summed E-state index contributed by atoms with van der Waals surface area (Å²) >= 11 is 0. The van der Waals surface area contributed by atoms with Gasteiger partial charge in [-0.3, -0.25) is 9.59 Å². The van der Waals surface area contributed by atoms with Crippen molar-refractivity contribution in [2.24, 2.45) is 0 Å². The van der Waals surface area contributed by atoms with Crippen LogP contribution in [-0.2, 0) is 9.63 Å². The molecule has 1 aromatic heterocycles. The lowest BCUT2D eigenvalue weighted by atomic mass is 10.1. The third-order valence-electron chi connectivity index (χ3n) is 4.91. The second kappa shape index (κ2) is 12.0. The molecule has 1 heterocycles. The molecular weight excluding hydrogens is 446 g/mol. The number of aromatic amines is 1. The van der Waals surface area contributed by atoms with Crippen LogP contribution < -0.4 is 20.9 Å². The quantitative estimate of drug-likeness (QED) is 0.186. The number of hydrogen-bond acceptors (Lipinski definition) is 9. The summed E-state index contributed by atoms with van der Waals surface area (Å²) in [5.74, 6) is 0.182. The Bertz CT molecular complexity index is 1120. The number of H-pyrrole nitrogens is 1. The number of amides is 1. The van der Waals surface area contributed by atoms with E-state index in [1.165, 1.54) is 6.07 Å². The van der Waals surface area contributed by atoms with Crippen molar-refractivity contribution in [3.63, 3.8) is 0 Å². The monoisotopic (exact) mass is 475 g/mol. The molecule has 0 aliphatic rings. The molecule has 184 valence electrons. The standard InChI is InChI=1S/C22H29N5O7/c1-14-7-18-17(9-15(10-23)21(30)26-18)19(8-14)33-12-16(28)11-25-22(2,3)13-24-20(29)5-4-6-34-27(31)32/h7-9,16,25,28H,4-6,11-13H2,1-3H3,(H,24,29)(H,26,30). The van der Waals surface area contributed by atoms with Gasteiger partial charge < -0.3 is 30.3 Å². The van der Waals surface area contributed by atoms with Crippen LogP contribution in [0.1, 0.15) is 37.8 Å². The Kier molecular flexibility index (Phi) is 9.35. The minimum atomic E-state index is -0.897. The maximum atomic E-state index is 11.9. The Morgan fingerprint density at radius 3 is 2.79 bits per heavy atom. The highest BCUT2D eigenvalue weighted by Crippen LogP contribution is 2.26. The van der Waals surface area contributed by atoms with E-state index < -0.39 is 22.3 Å². The van der Waals surface area contributed by atoms with E-state index >= 15 is 0 Å². The van der Waals surface area contributed by atoms with Gasteiger partial charge >= 0.3 is 0 Å². The van der Waals surface area contributed by atoms with Gasteiger partial charge in [-0.05, 0) is 51.0 Å². The minimum absolute atomic E-state index is 0.0301. The fraction of sp³-hybridized carbons (Fsp3) is 0.500. The second-order valence-electron chi connectivity index (χ2n) is 8.51. The highest BCUT2D eigenvalue weighted by molar-refractivity contribution is 5.86. The van der Waals surface area contributed by atoms with Crippen molar-refractivity contribution < 1.29 is 24.6 Å². The molecule has 0 fully saturated rings. The van der Waals surface area contributed by atoms with Crippen molar-refractivity contribution in [2.75, 3.05) is 26.3 Å². The number of rotatable bonds is 13. The third kappa shape index (κ3) is 8.34. The molecule has 34 heavy (non-hydrogen) atoms. The molecular formula is C22H29N5O7. The van der Waals surface area contributed by atoms with Crippen LogP contribution in [0.4, 0.5) is 0 Å². The number of aromatic nitrogens is 1. The molecule has 0 saturated carbocycles. The fourth-order valence-corrected chi connectivity index (χ4v) is 3.10. The number of carbonyl (C=O) groups excluding carboxylic acids is 1. The van der Waals surface area contributed by atoms with Crippen LogP contribution >= 0.6 is 0 Å². The zero-order chi connectivity index (χ0) is 25.3. The number of aliphatic hydroxyl groups is 1. The molecule has 1 unspecified atom stereocenters. The number of pyridine rings is 1. The number of nitriles is 1. The van der Waals surface area contributed by atoms with Crippen molar-refractivity contribution in [1.82, 2.24) is 15.6 Å². The predicted octanol–water partition coefficient (Wildman–Crippen LogP) is 0.921. The van der Waals surface area contributed by atoms with Crippen molar-refractivity contribution >= 4 is 16.8 Å². The topological polar surface area (TPSA) is 180 Å². The zero-order valence-electron chi connectivity index (χ0n) is 19.3. The summed E-state index contributed by atoms with van der Waals surface area (Å²) in [6, 6.07) is 6.84. The van der Waals surface area contributed by atoms with Crippen LogP contribution in [0.5, 0.6) is 5.75 Å². The van der Waals surface area contributed by atoms with Crippen LogP contribution in [0.25, 0.3) is 10.9 Å². The first kappa shape index (κ1) is 26.6. The van der Waals surface area contributed by atoms with Crippen molar-refractivity contribution in [2.45, 2.75) is 45.3 Å². The Hall–Kier alpha value is -3.69. The molecule has 2 rings (SSSR count). The number of aryl methyl sites for hydroxylation is 1. The average Bonchev–Trinajstić information content (AvgIpc) is 2.77. The summed E-state index contributed by atoms with van der Waals surface area (Å²) in [4.78, 5) is 40.7. The molecule has 4 N–H and O–H groups in total. The second-order valence-corrected chi connectivity index (χ2v) is 8.51. The molecule has 0 aliphatic carbocycles. The summed E-state index contributed by atoms with van der Waals surface area (Å²) in [7, 11) is 0. The largest absolute Gasteiger partial charge is 0.490 e. The van der Waals surface area contributed by atoms with Gasteiger partial charge in [0.1, 0.15) is 30.1 Å². The molecule has 1 amide bonds. The van der Waals surface area contributed by atoms with E-state index in [0.717, 1.165) is 5.56 Å². The van der Waals surface area contributed by atoms with Gasteiger partial charge in [0, 0.05) is 30.4 Å². The summed E-state index contributed by atoms with van der Waals surface area (Å²) in [5, 5.41) is 35.1. The zero-order valence-corrected chi connectivity index (χ0v) is 19.3. The van der Waals surface area contributed by atoms with Gasteiger partial charge in [0.15, 0.2) is 0 Å². The van der Waals surface area contributed by atoms with Gasteiger partial charge in [-0.15, -0.1) is 10.1 Å². The van der Waals surface area contributed by atoms with E-state index in [0.29, 0.717) is 16.7 Å². The van der Waals surface area contributed by atoms with Crippen molar-refractivity contribution in [3.05, 3.63) is 49.8 Å². The van der Waals surface area contributed by atoms with Gasteiger partial charge in [0.05, 0.1) is 12.1 Å². The Labute approximate surface area is 196 Å². The highest BCUT2D eigenvalue weighted by atomic mass is 16.9. The summed E-state index contributed by atoms with van der Waals surface area (Å²) in [5.41, 5.74) is 0.337. The van der Waals surface area contributed by atoms with E-state index in [1.54, 1.807) is 12.1 Å². The van der Waals surface area contributed by atoms with Crippen molar-refractivity contribution in [3.8, 4) is 11.8 Å². The molecule has 0 saturated heterocycles. The van der Waals surface area contributed by atoms with Gasteiger partial charge in [-0.25, -0.2) is 0 Å². The number of nitrogens with one attached hydrogen (secondary N) is 3. The fourth-order valence-electron chi connectivity index (χ4n) is 3.10. The summed E-state index contributed by atoms with van der Waals surface area (Å²) < 4.78 is 5.79. The Morgan fingerprint density at radius 2 is 2.12 bits per heavy atom. The van der Waals surface area contributed by atoms with Gasteiger partial charge in [0.2, 0.25) is 5.91 Å². The number of β-amino-alcohol motifs (C(OH)–C–C–N with tert-alkyl or cyclic N) is 1. The van der Waals surface area contributed by atoms with Crippen LogP contribution in [0, 0.1) is 28.4 Å². The molecule has 1 atom stereocenters. The number of nitrogens with zero attached hydrogens (tertiary/aromatic N) is 2. The Morgan fingerprint density at radius 1 is 1.38 bits per heavy atom. The molecule has 0 aliphatic heterocycles. The van der Waals surface area contributed by atoms with Crippen LogP contribution in [0.2, 0.25) is 0 Å². The number of hydrogen-bond donors (Lipinski definition) is 4. The smallest absolute Gasteiger partial charge is 0.294 e. The number of fused-ring (bicyclic) bond motifs is 1. The molecule has 12 nitrogen and oxygen atoms in total. The van der Waals surface area contributed by atoms with E-state index in [1.807, 2.05) is 26.8 Å². The van der Waals surface area contributed by atoms with E-state index in [-0.39, 0.29) is 50.6 Å². The SMILES string of the molecule is Cc1cc(OCC(O)CNC(C)(C)CNC(=O)CCCO[N+](=O)[O-])c2cc(C#N)c(=O)[nH]c2c1.